The Morgan fingerprint density at radius 3 is 2.61 bits per heavy atom. The summed E-state index contributed by atoms with van der Waals surface area (Å²) in [7, 11) is 0. The number of nitrogens with zero attached hydrogens (tertiary/aromatic N) is 3. The monoisotopic (exact) mass is 495 g/mol. The van der Waals surface area contributed by atoms with E-state index in [0.29, 0.717) is 6.54 Å². The molecule has 1 aromatic heterocycles. The second-order valence-electron chi connectivity index (χ2n) is 7.62. The molecule has 0 amide bonds. The molecule has 0 bridgehead atoms. The number of aliphatic hydroxyl groups excluding tert-OH is 1. The molecule has 0 radical (unpaired) electrons. The number of halogens is 1. The molecule has 8 nitrogen and oxygen atoms in total. The lowest BCUT2D eigenvalue weighted by Crippen LogP contribution is -2.27. The van der Waals surface area contributed by atoms with Gasteiger partial charge in [-0.1, -0.05) is 25.6 Å². The van der Waals surface area contributed by atoms with Gasteiger partial charge in [0.15, 0.2) is 0 Å². The van der Waals surface area contributed by atoms with Crippen LogP contribution < -0.4 is 10.6 Å². The zero-order valence-electron chi connectivity index (χ0n) is 19.1. The van der Waals surface area contributed by atoms with E-state index < -0.39 is 0 Å². The fourth-order valence-corrected chi connectivity index (χ4v) is 5.19. The molecule has 2 aromatic carbocycles. The molecule has 182 valence electrons. The average molecular weight is 496 g/mol. The quantitative estimate of drug-likeness (QED) is 0.236. The van der Waals surface area contributed by atoms with Gasteiger partial charge < -0.3 is 31.2 Å². The molecule has 33 heavy (non-hydrogen) atoms. The summed E-state index contributed by atoms with van der Waals surface area (Å²) in [6.45, 7) is 10.5. The van der Waals surface area contributed by atoms with E-state index in [1.807, 2.05) is 12.1 Å². The number of fused-ring (bicyclic) bond motifs is 2. The van der Waals surface area contributed by atoms with Gasteiger partial charge in [-0.05, 0) is 43.4 Å². The zero-order chi connectivity index (χ0) is 21.8. The van der Waals surface area contributed by atoms with E-state index in [4.69, 9.17) is 10.2 Å². The molecule has 3 aromatic rings. The first kappa shape index (κ1) is 27.2. The van der Waals surface area contributed by atoms with Crippen molar-refractivity contribution in [2.75, 3.05) is 51.2 Å². The molecule has 6 N–H and O–H groups in total. The smallest absolute Gasteiger partial charge is 0.116 e. The van der Waals surface area contributed by atoms with E-state index in [1.54, 1.807) is 17.8 Å². The molecule has 0 saturated carbocycles. The van der Waals surface area contributed by atoms with Gasteiger partial charge in [-0.3, -0.25) is 4.68 Å². The van der Waals surface area contributed by atoms with Crippen LogP contribution in [0.2, 0.25) is 0 Å². The third-order valence-electron chi connectivity index (χ3n) is 5.73. The average Bonchev–Trinajstić information content (AvgIpc) is 3.16. The number of aromatic nitrogens is 2. The van der Waals surface area contributed by atoms with Crippen LogP contribution in [0, 0.1) is 0 Å². The number of hydrogen-bond acceptors (Lipinski definition) is 7. The first-order chi connectivity index (χ1) is 15.2. The van der Waals surface area contributed by atoms with Crippen molar-refractivity contribution in [3.63, 3.8) is 0 Å². The van der Waals surface area contributed by atoms with Crippen molar-refractivity contribution < 1.29 is 15.7 Å². The van der Waals surface area contributed by atoms with Crippen LogP contribution in [-0.4, -0.2) is 76.2 Å². The van der Waals surface area contributed by atoms with Crippen LogP contribution in [0.1, 0.15) is 13.8 Å². The highest BCUT2D eigenvalue weighted by atomic mass is 35.5. The minimum atomic E-state index is 0. The Morgan fingerprint density at radius 2 is 1.88 bits per heavy atom. The maximum atomic E-state index is 10.1. The van der Waals surface area contributed by atoms with Crippen LogP contribution in [0.25, 0.3) is 22.2 Å². The molecule has 0 unspecified atom stereocenters. The molecule has 0 aliphatic carbocycles. The van der Waals surface area contributed by atoms with Crippen molar-refractivity contribution in [3.05, 3.63) is 30.3 Å². The van der Waals surface area contributed by atoms with E-state index in [0.717, 1.165) is 72.0 Å². The van der Waals surface area contributed by atoms with Crippen LogP contribution in [0.15, 0.2) is 40.1 Å². The van der Waals surface area contributed by atoms with Gasteiger partial charge in [0.1, 0.15) is 11.4 Å². The molecule has 0 atom stereocenters. The van der Waals surface area contributed by atoms with Gasteiger partial charge in [-0.2, -0.15) is 5.10 Å². The number of phenolic OH excluding ortho intramolecular Hbond substituents is 1. The Hall–Kier alpha value is -2.01. The molecule has 0 saturated heterocycles. The summed E-state index contributed by atoms with van der Waals surface area (Å²) in [5.41, 5.74) is 4.15. The molecular weight excluding hydrogens is 462 g/mol. The number of likely N-dealkylation sites (N-methyl/N-ethyl adjacent to an activating group) is 1. The lowest BCUT2D eigenvalue weighted by atomic mass is 10.1. The molecule has 4 rings (SSSR count). The normalized spacial score (nSPS) is 11.8. The number of hydrogen-bond donors (Lipinski definition) is 4. The molecule has 1 aliphatic heterocycles. The van der Waals surface area contributed by atoms with Gasteiger partial charge >= 0.3 is 0 Å². The Labute approximate surface area is 205 Å². The van der Waals surface area contributed by atoms with E-state index in [2.05, 4.69) is 46.2 Å². The SMILES string of the molecule is CCN(CC)CCn1nc2c3c(c(NCCNCCO)ccc31)Sc1ccc(O)cc1-2.Cl.O. The van der Waals surface area contributed by atoms with E-state index in [-0.39, 0.29) is 30.2 Å². The largest absolute Gasteiger partial charge is 0.508 e. The number of anilines is 1. The van der Waals surface area contributed by atoms with E-state index in [1.165, 1.54) is 4.90 Å². The Bertz CT molecular complexity index is 1060. The van der Waals surface area contributed by atoms with Crippen LogP contribution >= 0.6 is 24.2 Å². The second-order valence-corrected chi connectivity index (χ2v) is 8.67. The molecule has 10 heteroatoms. The molecule has 0 spiro atoms. The fourth-order valence-electron chi connectivity index (χ4n) is 4.01. The highest BCUT2D eigenvalue weighted by Crippen LogP contribution is 2.51. The summed E-state index contributed by atoms with van der Waals surface area (Å²) in [5.74, 6) is 0.262. The van der Waals surface area contributed by atoms with Crippen LogP contribution in [0.5, 0.6) is 5.75 Å². The fraction of sp³-hybridized carbons (Fsp3) is 0.435. The molecular formula is C23H34ClN5O3S. The summed E-state index contributed by atoms with van der Waals surface area (Å²) >= 11 is 1.73. The maximum absolute atomic E-state index is 10.1. The highest BCUT2D eigenvalue weighted by Gasteiger charge is 2.26. The van der Waals surface area contributed by atoms with Gasteiger partial charge in [0.05, 0.1) is 18.7 Å². The van der Waals surface area contributed by atoms with E-state index >= 15 is 0 Å². The number of benzene rings is 2. The van der Waals surface area contributed by atoms with Crippen LogP contribution in [-0.2, 0) is 6.54 Å². The van der Waals surface area contributed by atoms with Gasteiger partial charge in [0.2, 0.25) is 0 Å². The Balaban J connectivity index is 0.00000193. The van der Waals surface area contributed by atoms with Crippen LogP contribution in [0.4, 0.5) is 5.69 Å². The van der Waals surface area contributed by atoms with Crippen molar-refractivity contribution in [2.24, 2.45) is 0 Å². The molecule has 2 heterocycles. The molecule has 1 aliphatic rings. The Morgan fingerprint density at radius 1 is 1.09 bits per heavy atom. The minimum absolute atomic E-state index is 0. The van der Waals surface area contributed by atoms with Gasteiger partial charge in [-0.25, -0.2) is 0 Å². The van der Waals surface area contributed by atoms with Gasteiger partial charge in [0, 0.05) is 52.6 Å². The standard InChI is InChI=1S/C23H31N5O2S.ClH.H2O/c1-3-27(4-2)12-13-28-19-7-6-18(25-10-9-24-11-14-29)23-21(19)22(26-28)17-15-16(30)5-8-20(17)31-23;;/h5-8,15,24-25,29-30H,3-4,9-14H2,1-2H3;1H;1H2. The number of aliphatic hydroxyl groups is 1. The zero-order valence-corrected chi connectivity index (χ0v) is 20.7. The Kier molecular flexibility index (Phi) is 10.3. The topological polar surface area (TPSA) is 117 Å². The lowest BCUT2D eigenvalue weighted by Gasteiger charge is -2.19. The van der Waals surface area contributed by atoms with E-state index in [9.17, 15) is 5.11 Å². The third kappa shape index (κ3) is 5.74. The van der Waals surface area contributed by atoms with Crippen LogP contribution in [0.3, 0.4) is 0 Å². The van der Waals surface area contributed by atoms with Crippen molar-refractivity contribution in [1.82, 2.24) is 20.0 Å². The summed E-state index contributed by atoms with van der Waals surface area (Å²) in [6.07, 6.45) is 0. The molecule has 0 fully saturated rings. The second kappa shape index (κ2) is 12.5. The minimum Gasteiger partial charge on any atom is -0.508 e. The number of aromatic hydroxyl groups is 1. The summed E-state index contributed by atoms with van der Waals surface area (Å²) < 4.78 is 2.11. The van der Waals surface area contributed by atoms with Gasteiger partial charge in [0.25, 0.3) is 0 Å². The van der Waals surface area contributed by atoms with Gasteiger partial charge in [-0.15, -0.1) is 12.4 Å². The first-order valence-electron chi connectivity index (χ1n) is 11.0. The number of nitrogens with one attached hydrogen (secondary N) is 2. The summed E-state index contributed by atoms with van der Waals surface area (Å²) in [5, 5.41) is 31.9. The summed E-state index contributed by atoms with van der Waals surface area (Å²) in [6, 6.07) is 9.82. The third-order valence-corrected chi connectivity index (χ3v) is 6.93. The predicted octanol–water partition coefficient (Wildman–Crippen LogP) is 2.81. The highest BCUT2D eigenvalue weighted by molar-refractivity contribution is 8.00. The maximum Gasteiger partial charge on any atom is 0.116 e. The first-order valence-corrected chi connectivity index (χ1v) is 11.8. The number of phenols is 1. The lowest BCUT2D eigenvalue weighted by molar-refractivity contribution is 0.287. The van der Waals surface area contributed by atoms with Crippen molar-refractivity contribution in [2.45, 2.75) is 30.2 Å². The predicted molar refractivity (Wildman–Crippen MR) is 138 cm³/mol. The van der Waals surface area contributed by atoms with Crippen molar-refractivity contribution in [3.8, 4) is 17.0 Å². The van der Waals surface area contributed by atoms with Crippen molar-refractivity contribution in [1.29, 1.82) is 0 Å². The summed E-state index contributed by atoms with van der Waals surface area (Å²) in [4.78, 5) is 4.69. The van der Waals surface area contributed by atoms with Crippen molar-refractivity contribution >= 4 is 40.8 Å². The number of rotatable bonds is 11.